The first kappa shape index (κ1) is 14.0. The number of aromatic nitrogens is 1. The van der Waals surface area contributed by atoms with Gasteiger partial charge >= 0.3 is 38.2 Å². The van der Waals surface area contributed by atoms with Crippen molar-refractivity contribution in [1.82, 2.24) is 4.98 Å². The minimum Gasteiger partial charge on any atom is -1.00 e. The van der Waals surface area contributed by atoms with Crippen molar-refractivity contribution < 1.29 is 45.7 Å². The molecule has 0 aromatic carbocycles. The first-order valence-electron chi connectivity index (χ1n) is 2.45. The fourth-order valence-electron chi connectivity index (χ4n) is 0.313. The molecule has 0 radical (unpaired) electrons. The Morgan fingerprint density at radius 2 is 1.36 bits per heavy atom. The molecule has 58 valence electrons. The normalized spacial score (nSPS) is 7.64. The maximum atomic E-state index is 7.23. The number of rotatable bonds is 0. The molecule has 0 unspecified atom stereocenters. The van der Waals surface area contributed by atoms with E-state index >= 15 is 0 Å². The summed E-state index contributed by atoms with van der Waals surface area (Å²) in [7, 11) is -2.62. The van der Waals surface area contributed by atoms with Crippen molar-refractivity contribution in [3.05, 3.63) is 30.6 Å². The van der Waals surface area contributed by atoms with E-state index in [1.54, 1.807) is 12.4 Å². The summed E-state index contributed by atoms with van der Waals surface area (Å²) in [6.07, 6.45) is 3.50. The van der Waals surface area contributed by atoms with Crippen LogP contribution in [-0.4, -0.2) is 19.7 Å². The molecule has 0 amide bonds. The van der Waals surface area contributed by atoms with Crippen LogP contribution in [0.25, 0.3) is 0 Å². The van der Waals surface area contributed by atoms with Gasteiger partial charge in [0.15, 0.2) is 0 Å². The third-order valence-electron chi connectivity index (χ3n) is 0.566. The minimum atomic E-state index is -2.62. The second-order valence-corrected chi connectivity index (χ2v) is 1.83. The molecule has 1 heterocycles. The molecule has 11 heavy (non-hydrogen) atoms. The second-order valence-electron chi connectivity index (χ2n) is 1.29. The van der Waals surface area contributed by atoms with Crippen LogP contribution in [-0.2, 0) is 0 Å². The van der Waals surface area contributed by atoms with E-state index in [1.165, 1.54) is 0 Å². The topological polar surface area (TPSA) is 73.6 Å². The first-order valence-corrected chi connectivity index (χ1v) is 3.65. The molecule has 0 aliphatic carbocycles. The number of hydrogen-bond acceptors (Lipinski definition) is 4. The van der Waals surface area contributed by atoms with Crippen molar-refractivity contribution in [3.8, 4) is 0 Å². The van der Waals surface area contributed by atoms with Gasteiger partial charge in [-0.1, -0.05) is 6.07 Å². The summed E-state index contributed by atoms with van der Waals surface area (Å²) < 4.78 is 0. The van der Waals surface area contributed by atoms with Crippen molar-refractivity contribution in [3.63, 3.8) is 0 Å². The molecule has 0 aliphatic heterocycles. The molecule has 0 saturated carbocycles. The molecule has 0 fully saturated rings. The minimum absolute atomic E-state index is 0. The summed E-state index contributed by atoms with van der Waals surface area (Å²) in [5.41, 5.74) is 0. The average molecular weight is 185 g/mol. The monoisotopic (exact) mass is 185 g/mol. The van der Waals surface area contributed by atoms with Crippen molar-refractivity contribution in [2.24, 2.45) is 0 Å². The molecule has 3 N–H and O–H groups in total. The Kier molecular flexibility index (Phi) is 13.3. The van der Waals surface area contributed by atoms with Gasteiger partial charge in [-0.05, 0) is 12.1 Å². The van der Waals surface area contributed by atoms with Gasteiger partial charge in [-0.25, -0.2) is 0 Å². The van der Waals surface area contributed by atoms with Crippen LogP contribution in [0, 0.1) is 0 Å². The Bertz CT molecular complexity index is 127. The standard InChI is InChI=1S/C5H5N.Na.H3O3P.H/c1-2-4-6-5-3-1;;1-4(2)3;/h1-5H;;1-3H;/q;+1;;-1. The Labute approximate surface area is 89.7 Å². The molecule has 1 aromatic heterocycles. The Morgan fingerprint density at radius 1 is 1.00 bits per heavy atom. The SMILES string of the molecule is OP(O)O.[H-].[Na+].c1ccncc1. The zero-order valence-corrected chi connectivity index (χ0v) is 9.02. The first-order chi connectivity index (χ1) is 4.73. The molecular formula is C5H9NNaO3P. The predicted octanol–water partition coefficient (Wildman–Crippen LogP) is -2.61. The van der Waals surface area contributed by atoms with Gasteiger partial charge in [0.1, 0.15) is 0 Å². The van der Waals surface area contributed by atoms with Crippen LogP contribution in [0.4, 0.5) is 0 Å². The van der Waals surface area contributed by atoms with Crippen LogP contribution < -0.4 is 29.6 Å². The van der Waals surface area contributed by atoms with Crippen LogP contribution in [0.3, 0.4) is 0 Å². The van der Waals surface area contributed by atoms with Crippen molar-refractivity contribution in [1.29, 1.82) is 0 Å². The van der Waals surface area contributed by atoms with Crippen molar-refractivity contribution in [2.75, 3.05) is 0 Å². The van der Waals surface area contributed by atoms with Gasteiger partial charge in [0, 0.05) is 12.4 Å². The molecule has 0 aliphatic rings. The Balaban J connectivity index is -0.000000124. The van der Waals surface area contributed by atoms with Crippen LogP contribution in [0.15, 0.2) is 30.6 Å². The van der Waals surface area contributed by atoms with Gasteiger partial charge in [-0.2, -0.15) is 0 Å². The Hall–Kier alpha value is 0.460. The van der Waals surface area contributed by atoms with E-state index in [4.69, 9.17) is 14.7 Å². The molecule has 1 aromatic rings. The van der Waals surface area contributed by atoms with Crippen LogP contribution in [0.5, 0.6) is 0 Å². The zero-order chi connectivity index (χ0) is 7.82. The zero-order valence-electron chi connectivity index (χ0n) is 7.12. The van der Waals surface area contributed by atoms with Crippen LogP contribution >= 0.6 is 8.60 Å². The van der Waals surface area contributed by atoms with E-state index in [1.807, 2.05) is 18.2 Å². The number of hydrogen-bond donors (Lipinski definition) is 3. The van der Waals surface area contributed by atoms with Gasteiger partial charge in [0.2, 0.25) is 0 Å². The summed E-state index contributed by atoms with van der Waals surface area (Å²) in [6, 6.07) is 5.72. The molecule has 0 spiro atoms. The maximum Gasteiger partial charge on any atom is 1.00 e. The van der Waals surface area contributed by atoms with Gasteiger partial charge in [-0.15, -0.1) is 0 Å². The van der Waals surface area contributed by atoms with Crippen molar-refractivity contribution >= 4 is 8.60 Å². The third kappa shape index (κ3) is 17.9. The fraction of sp³-hybridized carbons (Fsp3) is 0. The summed E-state index contributed by atoms with van der Waals surface area (Å²) in [4.78, 5) is 25.5. The summed E-state index contributed by atoms with van der Waals surface area (Å²) >= 11 is 0. The van der Waals surface area contributed by atoms with Crippen molar-refractivity contribution in [2.45, 2.75) is 0 Å². The van der Waals surface area contributed by atoms with Gasteiger partial charge in [0.25, 0.3) is 0 Å². The largest absolute Gasteiger partial charge is 1.00 e. The van der Waals surface area contributed by atoms with E-state index in [0.29, 0.717) is 0 Å². The van der Waals surface area contributed by atoms with E-state index in [2.05, 4.69) is 4.98 Å². The van der Waals surface area contributed by atoms with Crippen LogP contribution in [0.1, 0.15) is 1.43 Å². The molecular weight excluding hydrogens is 176 g/mol. The summed E-state index contributed by atoms with van der Waals surface area (Å²) in [6.45, 7) is 0. The van der Waals surface area contributed by atoms with E-state index in [9.17, 15) is 0 Å². The quantitative estimate of drug-likeness (QED) is 0.306. The molecule has 6 heteroatoms. The van der Waals surface area contributed by atoms with Gasteiger partial charge < -0.3 is 16.1 Å². The summed E-state index contributed by atoms with van der Waals surface area (Å²) in [5, 5.41) is 0. The van der Waals surface area contributed by atoms with Gasteiger partial charge in [-0.3, -0.25) is 4.98 Å². The third-order valence-corrected chi connectivity index (χ3v) is 0.566. The van der Waals surface area contributed by atoms with E-state index < -0.39 is 8.60 Å². The summed E-state index contributed by atoms with van der Waals surface area (Å²) in [5.74, 6) is 0. The molecule has 0 atom stereocenters. The molecule has 1 rings (SSSR count). The fourth-order valence-corrected chi connectivity index (χ4v) is 0.313. The second kappa shape index (κ2) is 10.5. The molecule has 0 bridgehead atoms. The Morgan fingerprint density at radius 3 is 1.45 bits per heavy atom. The average Bonchev–Trinajstić information content (AvgIpc) is 1.90. The van der Waals surface area contributed by atoms with Gasteiger partial charge in [0.05, 0.1) is 0 Å². The number of nitrogens with zero attached hydrogens (tertiary/aromatic N) is 1. The van der Waals surface area contributed by atoms with E-state index in [-0.39, 0.29) is 31.0 Å². The predicted molar refractivity (Wildman–Crippen MR) is 38.9 cm³/mol. The smallest absolute Gasteiger partial charge is 1.00 e. The van der Waals surface area contributed by atoms with Crippen LogP contribution in [0.2, 0.25) is 0 Å². The molecule has 4 nitrogen and oxygen atoms in total. The molecule has 0 saturated heterocycles. The maximum absolute atomic E-state index is 7.23. The van der Waals surface area contributed by atoms with E-state index in [0.717, 1.165) is 0 Å². The number of pyridine rings is 1.